The molecule has 0 aromatic heterocycles. The third-order valence-electron chi connectivity index (χ3n) is 13.1. The van der Waals surface area contributed by atoms with E-state index >= 15 is 0 Å². The van der Waals surface area contributed by atoms with Crippen LogP contribution in [0.25, 0.3) is 120 Å². The molecule has 0 saturated heterocycles. The Morgan fingerprint density at radius 2 is 0.831 bits per heavy atom. The summed E-state index contributed by atoms with van der Waals surface area (Å²) in [7, 11) is 0. The fourth-order valence-corrected chi connectivity index (χ4v) is 10.8. The number of aryl methyl sites for hydroxylation is 3. The lowest BCUT2D eigenvalue weighted by Gasteiger charge is -2.19. The lowest BCUT2D eigenvalue weighted by atomic mass is 9.84. The molecular formula is C58H37N. The molecule has 12 aromatic carbocycles. The summed E-state index contributed by atoms with van der Waals surface area (Å²) in [6.45, 7) is 6.59. The van der Waals surface area contributed by atoms with Crippen molar-refractivity contribution in [2.45, 2.75) is 20.8 Å². The van der Waals surface area contributed by atoms with Gasteiger partial charge < -0.3 is 0 Å². The summed E-state index contributed by atoms with van der Waals surface area (Å²) >= 11 is 0. The quantitative estimate of drug-likeness (QED) is 0.165. The van der Waals surface area contributed by atoms with Crippen molar-refractivity contribution in [3.8, 4) is 50.6 Å². The van der Waals surface area contributed by atoms with Gasteiger partial charge in [-0.3, -0.25) is 0 Å². The van der Waals surface area contributed by atoms with Gasteiger partial charge in [-0.05, 0) is 176 Å². The van der Waals surface area contributed by atoms with Crippen molar-refractivity contribution >= 4 is 75.4 Å². The van der Waals surface area contributed by atoms with E-state index in [4.69, 9.17) is 0 Å². The van der Waals surface area contributed by atoms with Gasteiger partial charge in [-0.1, -0.05) is 152 Å². The van der Waals surface area contributed by atoms with E-state index in [1.807, 2.05) is 12.1 Å². The fraction of sp³-hybridized carbons (Fsp3) is 0.0517. The molecule has 0 aliphatic carbocycles. The molecule has 0 unspecified atom stereocenters. The Morgan fingerprint density at radius 3 is 1.51 bits per heavy atom. The molecule has 274 valence electrons. The van der Waals surface area contributed by atoms with E-state index < -0.39 is 0 Å². The van der Waals surface area contributed by atoms with Crippen LogP contribution in [-0.4, -0.2) is 0 Å². The van der Waals surface area contributed by atoms with Gasteiger partial charge >= 0.3 is 0 Å². The van der Waals surface area contributed by atoms with Crippen LogP contribution in [0.4, 0.5) is 0 Å². The first kappa shape index (κ1) is 33.6. The van der Waals surface area contributed by atoms with E-state index in [9.17, 15) is 5.26 Å². The van der Waals surface area contributed by atoms with Crippen LogP contribution in [0.2, 0.25) is 0 Å². The van der Waals surface area contributed by atoms with E-state index in [1.165, 1.54) is 125 Å². The predicted molar refractivity (Wildman–Crippen MR) is 252 cm³/mol. The fourth-order valence-electron chi connectivity index (χ4n) is 10.8. The Balaban J connectivity index is 1.25. The van der Waals surface area contributed by atoms with Gasteiger partial charge in [-0.2, -0.15) is 5.26 Å². The molecule has 1 heteroatoms. The van der Waals surface area contributed by atoms with Crippen LogP contribution in [0.3, 0.4) is 0 Å². The Morgan fingerprint density at radius 1 is 0.305 bits per heavy atom. The average Bonchev–Trinajstić information content (AvgIpc) is 3.78. The molecule has 0 bridgehead atoms. The van der Waals surface area contributed by atoms with E-state index in [1.54, 1.807) is 0 Å². The minimum Gasteiger partial charge on any atom is -0.192 e. The third kappa shape index (κ3) is 4.66. The zero-order valence-electron chi connectivity index (χ0n) is 33.1. The topological polar surface area (TPSA) is 23.8 Å². The maximum Gasteiger partial charge on any atom is 0.0991 e. The van der Waals surface area contributed by atoms with E-state index in [2.05, 4.69) is 185 Å². The van der Waals surface area contributed by atoms with Gasteiger partial charge in [0.1, 0.15) is 0 Å². The van der Waals surface area contributed by atoms with E-state index in [0.717, 1.165) is 11.1 Å². The number of rotatable bonds is 4. The number of hydrogen-bond donors (Lipinski definition) is 0. The van der Waals surface area contributed by atoms with Crippen molar-refractivity contribution < 1.29 is 0 Å². The molecule has 0 N–H and O–H groups in total. The summed E-state index contributed by atoms with van der Waals surface area (Å²) in [5, 5.41) is 27.8. The minimum atomic E-state index is 0.691. The van der Waals surface area contributed by atoms with Crippen LogP contribution in [0.5, 0.6) is 0 Å². The SMILES string of the molecule is Cc1cc(C#N)ccc1-c1cc(C)c(-c2ccc3c4c(-c5ccccc5)c5c(cc6c7ccccc7c7cccc5c76)c(-c5ccccc5)c4c4cccc2c43)c(C)c1. The molecule has 59 heavy (non-hydrogen) atoms. The first-order valence-electron chi connectivity index (χ1n) is 20.5. The van der Waals surface area contributed by atoms with Gasteiger partial charge in [0.2, 0.25) is 0 Å². The molecule has 0 spiro atoms. The van der Waals surface area contributed by atoms with Gasteiger partial charge in [0, 0.05) is 0 Å². The molecule has 0 radical (unpaired) electrons. The van der Waals surface area contributed by atoms with Crippen molar-refractivity contribution in [1.29, 1.82) is 5.26 Å². The maximum atomic E-state index is 9.50. The number of benzene rings is 10. The zero-order valence-corrected chi connectivity index (χ0v) is 33.1. The van der Waals surface area contributed by atoms with Crippen LogP contribution < -0.4 is 0 Å². The van der Waals surface area contributed by atoms with Crippen molar-refractivity contribution in [3.63, 3.8) is 0 Å². The molecule has 12 rings (SSSR count). The lowest BCUT2D eigenvalue weighted by molar-refractivity contribution is 1.36. The number of nitrogens with zero attached hydrogens (tertiary/aromatic N) is 1. The van der Waals surface area contributed by atoms with Crippen molar-refractivity contribution in [2.75, 3.05) is 0 Å². The first-order valence-corrected chi connectivity index (χ1v) is 20.5. The lowest BCUT2D eigenvalue weighted by Crippen LogP contribution is -1.93. The predicted octanol–water partition coefficient (Wildman–Crippen LogP) is 16.1. The van der Waals surface area contributed by atoms with Crippen LogP contribution in [0.15, 0.2) is 170 Å². The monoisotopic (exact) mass is 747 g/mol. The molecule has 0 amide bonds. The highest BCUT2D eigenvalue weighted by atomic mass is 14.3. The van der Waals surface area contributed by atoms with Crippen LogP contribution >= 0.6 is 0 Å². The van der Waals surface area contributed by atoms with Crippen molar-refractivity contribution in [3.05, 3.63) is 192 Å². The molecule has 0 aliphatic rings. The minimum absolute atomic E-state index is 0.691. The second kappa shape index (κ2) is 12.5. The van der Waals surface area contributed by atoms with Gasteiger partial charge in [0.05, 0.1) is 11.6 Å². The highest BCUT2D eigenvalue weighted by Gasteiger charge is 2.27. The van der Waals surface area contributed by atoms with Crippen molar-refractivity contribution in [2.24, 2.45) is 0 Å². The number of hydrogen-bond acceptors (Lipinski definition) is 1. The molecule has 1 nitrogen and oxygen atoms in total. The Labute approximate surface area is 342 Å². The zero-order chi connectivity index (χ0) is 39.5. The van der Waals surface area contributed by atoms with Gasteiger partial charge in [-0.25, -0.2) is 0 Å². The summed E-state index contributed by atoms with van der Waals surface area (Å²) in [6, 6.07) is 65.2. The Bertz CT molecular complexity index is 3710. The number of nitriles is 1. The smallest absolute Gasteiger partial charge is 0.0991 e. The largest absolute Gasteiger partial charge is 0.192 e. The Hall–Kier alpha value is -7.53. The van der Waals surface area contributed by atoms with Gasteiger partial charge in [0.25, 0.3) is 0 Å². The molecular weight excluding hydrogens is 711 g/mol. The normalized spacial score (nSPS) is 12.0. The van der Waals surface area contributed by atoms with Gasteiger partial charge in [0.15, 0.2) is 0 Å². The van der Waals surface area contributed by atoms with E-state index in [0.29, 0.717) is 5.56 Å². The highest BCUT2D eigenvalue weighted by molar-refractivity contribution is 6.45. The van der Waals surface area contributed by atoms with Gasteiger partial charge in [-0.15, -0.1) is 0 Å². The summed E-state index contributed by atoms with van der Waals surface area (Å²) in [5.41, 5.74) is 14.2. The molecule has 0 heterocycles. The average molecular weight is 748 g/mol. The Kier molecular flexibility index (Phi) is 7.11. The van der Waals surface area contributed by atoms with E-state index in [-0.39, 0.29) is 0 Å². The molecule has 0 fully saturated rings. The summed E-state index contributed by atoms with van der Waals surface area (Å²) in [5.74, 6) is 0. The molecule has 0 aliphatic heterocycles. The molecule has 0 atom stereocenters. The summed E-state index contributed by atoms with van der Waals surface area (Å²) < 4.78 is 0. The second-order valence-corrected chi connectivity index (χ2v) is 16.4. The first-order chi connectivity index (χ1) is 29.0. The standard InChI is InChI=1S/C58H37N/c1-33-28-36(32-59)24-25-40(33)39-29-34(2)51(35(3)30-39)45-26-27-48-54-44(45)21-13-23-47(54)57-52(37-14-6-4-7-15-37)50-31-49-42-19-11-10-18-41(42)43-20-12-22-46(55(43)49)56(50)53(58(48)57)38-16-8-5-9-17-38/h4-31H,1-3H3. The van der Waals surface area contributed by atoms with Crippen LogP contribution in [-0.2, 0) is 0 Å². The summed E-state index contributed by atoms with van der Waals surface area (Å²) in [4.78, 5) is 0. The molecule has 0 saturated carbocycles. The second-order valence-electron chi connectivity index (χ2n) is 16.4. The molecule has 12 aromatic rings. The highest BCUT2D eigenvalue weighted by Crippen LogP contribution is 2.55. The number of fused-ring (bicyclic) bond motifs is 8. The maximum absolute atomic E-state index is 9.50. The third-order valence-corrected chi connectivity index (χ3v) is 13.1. The van der Waals surface area contributed by atoms with Crippen molar-refractivity contribution in [1.82, 2.24) is 0 Å². The van der Waals surface area contributed by atoms with Crippen LogP contribution in [0.1, 0.15) is 22.3 Å². The van der Waals surface area contributed by atoms with Crippen LogP contribution in [0, 0.1) is 32.1 Å². The summed E-state index contributed by atoms with van der Waals surface area (Å²) in [6.07, 6.45) is 0.